The molecular weight excluding hydrogens is 316 g/mol. The normalized spacial score (nSPS) is 11.8. The van der Waals surface area contributed by atoms with Gasteiger partial charge in [-0.2, -0.15) is 5.10 Å². The Balaban J connectivity index is 2.01. The van der Waals surface area contributed by atoms with Crippen molar-refractivity contribution in [1.82, 2.24) is 10.4 Å². The Morgan fingerprint density at radius 3 is 2.28 bits per heavy atom. The molecule has 0 saturated carbocycles. The van der Waals surface area contributed by atoms with Crippen LogP contribution in [0, 0.1) is 5.41 Å². The number of rotatable bonds is 4. The molecule has 2 aromatic rings. The van der Waals surface area contributed by atoms with Crippen molar-refractivity contribution in [3.8, 4) is 0 Å². The summed E-state index contributed by atoms with van der Waals surface area (Å²) in [5.74, 6) is -0.415. The van der Waals surface area contributed by atoms with Crippen LogP contribution in [0.5, 0.6) is 0 Å². The van der Waals surface area contributed by atoms with Gasteiger partial charge in [-0.1, -0.05) is 39.0 Å². The average molecular weight is 338 g/mol. The van der Waals surface area contributed by atoms with E-state index in [9.17, 15) is 9.59 Å². The predicted octanol–water partition coefficient (Wildman–Crippen LogP) is 3.22. The fraction of sp³-hybridized carbons (Fsp3) is 0.263. The largest absolute Gasteiger partial charge is 0.326 e. The van der Waals surface area contributed by atoms with Crippen molar-refractivity contribution >= 4 is 23.2 Å². The van der Waals surface area contributed by atoms with Gasteiger partial charge in [-0.15, -0.1) is 0 Å². The van der Waals surface area contributed by atoms with Crippen molar-refractivity contribution in [3.63, 3.8) is 0 Å². The average Bonchev–Trinajstić information content (AvgIpc) is 2.60. The number of nitrogens with one attached hydrogen (secondary N) is 2. The number of hydrogen-bond acceptors (Lipinski definition) is 4. The number of hydrogen-bond donors (Lipinski definition) is 2. The highest BCUT2D eigenvalue weighted by atomic mass is 16.2. The van der Waals surface area contributed by atoms with Gasteiger partial charge in [-0.3, -0.25) is 14.6 Å². The maximum absolute atomic E-state index is 12.0. The minimum atomic E-state index is -0.453. The third-order valence-corrected chi connectivity index (χ3v) is 3.46. The van der Waals surface area contributed by atoms with E-state index in [0.29, 0.717) is 17.1 Å². The van der Waals surface area contributed by atoms with Gasteiger partial charge in [0.05, 0.1) is 5.71 Å². The highest BCUT2D eigenvalue weighted by molar-refractivity contribution is 6.01. The number of nitrogens with zero attached hydrogens (tertiary/aromatic N) is 2. The zero-order valence-corrected chi connectivity index (χ0v) is 14.8. The van der Waals surface area contributed by atoms with Crippen molar-refractivity contribution < 1.29 is 9.59 Å². The Morgan fingerprint density at radius 2 is 1.72 bits per heavy atom. The van der Waals surface area contributed by atoms with E-state index >= 15 is 0 Å². The number of carbonyl (C=O) groups is 2. The number of carbonyl (C=O) groups excluding carboxylic acids is 2. The fourth-order valence-electron chi connectivity index (χ4n) is 1.87. The van der Waals surface area contributed by atoms with E-state index < -0.39 is 5.41 Å². The minimum absolute atomic E-state index is 0.0479. The summed E-state index contributed by atoms with van der Waals surface area (Å²) in [7, 11) is 0. The standard InChI is InChI=1S/C19H22N4O2/c1-13(22-23-17(24)16-7-5-6-12-20-16)14-8-10-15(11-9-14)21-18(25)19(2,3)4/h5-12H,1-4H3,(H,21,25)(H,23,24)/b22-13-. The Morgan fingerprint density at radius 1 is 1.04 bits per heavy atom. The van der Waals surface area contributed by atoms with Crippen LogP contribution in [-0.4, -0.2) is 22.5 Å². The van der Waals surface area contributed by atoms with Crippen LogP contribution in [0.25, 0.3) is 0 Å². The van der Waals surface area contributed by atoms with Crippen LogP contribution in [0.3, 0.4) is 0 Å². The first-order valence-electron chi connectivity index (χ1n) is 7.95. The molecular formula is C19H22N4O2. The van der Waals surface area contributed by atoms with E-state index in [0.717, 1.165) is 5.56 Å². The van der Waals surface area contributed by atoms with Gasteiger partial charge in [0.25, 0.3) is 5.91 Å². The lowest BCUT2D eigenvalue weighted by molar-refractivity contribution is -0.123. The lowest BCUT2D eigenvalue weighted by Crippen LogP contribution is -2.27. The first kappa shape index (κ1) is 18.3. The molecule has 0 bridgehead atoms. The van der Waals surface area contributed by atoms with Crippen molar-refractivity contribution in [2.24, 2.45) is 10.5 Å². The monoisotopic (exact) mass is 338 g/mol. The maximum Gasteiger partial charge on any atom is 0.289 e. The number of hydrazone groups is 1. The van der Waals surface area contributed by atoms with Crippen molar-refractivity contribution in [2.45, 2.75) is 27.7 Å². The highest BCUT2D eigenvalue weighted by Gasteiger charge is 2.21. The molecule has 2 rings (SSSR count). The molecule has 6 nitrogen and oxygen atoms in total. The molecule has 0 aliphatic heterocycles. The highest BCUT2D eigenvalue weighted by Crippen LogP contribution is 2.18. The van der Waals surface area contributed by atoms with Crippen LogP contribution in [0.4, 0.5) is 5.69 Å². The third-order valence-electron chi connectivity index (χ3n) is 3.46. The third kappa shape index (κ3) is 5.24. The van der Waals surface area contributed by atoms with Gasteiger partial charge in [0, 0.05) is 17.3 Å². The van der Waals surface area contributed by atoms with Crippen LogP contribution >= 0.6 is 0 Å². The SMILES string of the molecule is C/C(=N/NC(=O)c1ccccn1)c1ccc(NC(=O)C(C)(C)C)cc1. The summed E-state index contributed by atoms with van der Waals surface area (Å²) in [5.41, 5.74) is 4.54. The van der Waals surface area contributed by atoms with Crippen LogP contribution < -0.4 is 10.7 Å². The van der Waals surface area contributed by atoms with Crippen LogP contribution in [0.15, 0.2) is 53.8 Å². The van der Waals surface area contributed by atoms with Gasteiger partial charge in [0.1, 0.15) is 5.69 Å². The Kier molecular flexibility index (Phi) is 5.64. The molecule has 2 N–H and O–H groups in total. The summed E-state index contributed by atoms with van der Waals surface area (Å²) in [5, 5.41) is 6.95. The van der Waals surface area contributed by atoms with E-state index in [1.807, 2.05) is 32.9 Å². The Bertz CT molecular complexity index is 775. The van der Waals surface area contributed by atoms with E-state index in [1.165, 1.54) is 0 Å². The van der Waals surface area contributed by atoms with Gasteiger partial charge in [0.15, 0.2) is 0 Å². The van der Waals surface area contributed by atoms with Crippen LogP contribution in [0.1, 0.15) is 43.7 Å². The minimum Gasteiger partial charge on any atom is -0.326 e. The molecule has 25 heavy (non-hydrogen) atoms. The first-order valence-corrected chi connectivity index (χ1v) is 7.95. The number of pyridine rings is 1. The molecule has 1 heterocycles. The molecule has 0 unspecified atom stereocenters. The topological polar surface area (TPSA) is 83.4 Å². The van der Waals surface area contributed by atoms with Gasteiger partial charge in [-0.05, 0) is 36.8 Å². The molecule has 0 radical (unpaired) electrons. The molecule has 2 amide bonds. The zero-order chi connectivity index (χ0) is 18.4. The number of aromatic nitrogens is 1. The van der Waals surface area contributed by atoms with Crippen molar-refractivity contribution in [1.29, 1.82) is 0 Å². The summed E-state index contributed by atoms with van der Waals surface area (Å²) in [6, 6.07) is 12.4. The summed E-state index contributed by atoms with van der Waals surface area (Å²) in [6.45, 7) is 7.37. The summed E-state index contributed by atoms with van der Waals surface area (Å²) in [6.07, 6.45) is 1.55. The zero-order valence-electron chi connectivity index (χ0n) is 14.8. The molecule has 6 heteroatoms. The van der Waals surface area contributed by atoms with Crippen molar-refractivity contribution in [3.05, 3.63) is 59.9 Å². The molecule has 130 valence electrons. The maximum atomic E-state index is 12.0. The summed E-state index contributed by atoms with van der Waals surface area (Å²) in [4.78, 5) is 27.9. The predicted molar refractivity (Wildman–Crippen MR) is 98.4 cm³/mol. The fourth-order valence-corrected chi connectivity index (χ4v) is 1.87. The summed E-state index contributed by atoms with van der Waals surface area (Å²) >= 11 is 0. The molecule has 1 aromatic carbocycles. The van der Waals surface area contributed by atoms with Crippen molar-refractivity contribution in [2.75, 3.05) is 5.32 Å². The Labute approximate surface area is 147 Å². The van der Waals surface area contributed by atoms with Crippen LogP contribution in [-0.2, 0) is 4.79 Å². The van der Waals surface area contributed by atoms with E-state index in [1.54, 1.807) is 43.5 Å². The molecule has 0 atom stereocenters. The lowest BCUT2D eigenvalue weighted by Gasteiger charge is -2.17. The van der Waals surface area contributed by atoms with E-state index in [-0.39, 0.29) is 11.8 Å². The van der Waals surface area contributed by atoms with E-state index in [4.69, 9.17) is 0 Å². The molecule has 0 fully saturated rings. The summed E-state index contributed by atoms with van der Waals surface area (Å²) < 4.78 is 0. The van der Waals surface area contributed by atoms with Gasteiger partial charge in [0.2, 0.25) is 5.91 Å². The number of benzene rings is 1. The second-order valence-electron chi connectivity index (χ2n) is 6.63. The molecule has 0 aliphatic rings. The molecule has 0 aliphatic carbocycles. The smallest absolute Gasteiger partial charge is 0.289 e. The second-order valence-corrected chi connectivity index (χ2v) is 6.63. The van der Waals surface area contributed by atoms with Gasteiger partial charge in [-0.25, -0.2) is 5.43 Å². The number of anilines is 1. The molecule has 1 aromatic heterocycles. The Hall–Kier alpha value is -3.02. The molecule has 0 saturated heterocycles. The lowest BCUT2D eigenvalue weighted by atomic mass is 9.95. The van der Waals surface area contributed by atoms with Crippen LogP contribution in [0.2, 0.25) is 0 Å². The van der Waals surface area contributed by atoms with E-state index in [2.05, 4.69) is 20.8 Å². The number of amides is 2. The second kappa shape index (κ2) is 7.70. The molecule has 0 spiro atoms. The van der Waals surface area contributed by atoms with Gasteiger partial charge < -0.3 is 5.32 Å². The quantitative estimate of drug-likeness (QED) is 0.663. The first-order chi connectivity index (χ1) is 11.8. The van der Waals surface area contributed by atoms with Gasteiger partial charge >= 0.3 is 0 Å².